The lowest BCUT2D eigenvalue weighted by atomic mass is 10.2. The molecule has 2 amide bonds. The lowest BCUT2D eigenvalue weighted by molar-refractivity contribution is -0.119. The Labute approximate surface area is 209 Å². The second-order valence-corrected chi connectivity index (χ2v) is 11.4. The van der Waals surface area contributed by atoms with Gasteiger partial charge in [-0.25, -0.2) is 8.42 Å². The van der Waals surface area contributed by atoms with Crippen LogP contribution in [0.5, 0.6) is 0 Å². The number of amides is 2. The molecule has 184 valence electrons. The molecule has 0 radical (unpaired) electrons. The average molecular weight is 552 g/mol. The van der Waals surface area contributed by atoms with Crippen LogP contribution in [-0.4, -0.2) is 62.7 Å². The number of hydrogen-bond donors (Lipinski definition) is 2. The number of carbonyl (C=O) groups excluding carboxylic acids is 2. The molecule has 10 heteroatoms. The van der Waals surface area contributed by atoms with Crippen LogP contribution in [0.1, 0.15) is 31.2 Å². The lowest BCUT2D eigenvalue weighted by Crippen LogP contribution is -2.36. The number of halogens is 1. The highest BCUT2D eigenvalue weighted by Gasteiger charge is 2.27. The molecule has 1 saturated heterocycles. The van der Waals surface area contributed by atoms with E-state index in [1.54, 1.807) is 47.4 Å². The molecule has 0 saturated carbocycles. The van der Waals surface area contributed by atoms with Crippen LogP contribution < -0.4 is 10.6 Å². The zero-order valence-corrected chi connectivity index (χ0v) is 21.9. The molecule has 0 spiro atoms. The van der Waals surface area contributed by atoms with Crippen molar-refractivity contribution in [3.63, 3.8) is 0 Å². The third kappa shape index (κ3) is 7.36. The van der Waals surface area contributed by atoms with Gasteiger partial charge in [0.1, 0.15) is 0 Å². The minimum atomic E-state index is -3.63. The van der Waals surface area contributed by atoms with Crippen LogP contribution >= 0.6 is 15.9 Å². The number of nitrogens with one attached hydrogen (secondary N) is 2. The first kappa shape index (κ1) is 26.3. The predicted octanol–water partition coefficient (Wildman–Crippen LogP) is 3.83. The Kier molecular flexibility index (Phi) is 9.24. The van der Waals surface area contributed by atoms with Crippen LogP contribution in [0.3, 0.4) is 0 Å². The summed E-state index contributed by atoms with van der Waals surface area (Å²) in [4.78, 5) is 26.6. The van der Waals surface area contributed by atoms with E-state index in [9.17, 15) is 18.0 Å². The van der Waals surface area contributed by atoms with E-state index in [4.69, 9.17) is 0 Å². The van der Waals surface area contributed by atoms with E-state index < -0.39 is 10.0 Å². The smallest absolute Gasteiger partial charge is 0.243 e. The van der Waals surface area contributed by atoms with E-state index >= 15 is 0 Å². The van der Waals surface area contributed by atoms with Crippen molar-refractivity contribution in [3.05, 3.63) is 52.5 Å². The molecule has 0 unspecified atom stereocenters. The van der Waals surface area contributed by atoms with Crippen molar-refractivity contribution >= 4 is 49.1 Å². The maximum Gasteiger partial charge on any atom is 0.243 e. The normalized spacial score (nSPS) is 15.1. The highest BCUT2D eigenvalue weighted by atomic mass is 79.9. The lowest BCUT2D eigenvalue weighted by Gasteiger charge is -2.22. The van der Waals surface area contributed by atoms with Gasteiger partial charge < -0.3 is 10.6 Å². The molecule has 1 heterocycles. The zero-order valence-electron chi connectivity index (χ0n) is 19.5. The van der Waals surface area contributed by atoms with Crippen LogP contribution in [0, 0.1) is 6.92 Å². The van der Waals surface area contributed by atoms with E-state index in [0.717, 1.165) is 30.2 Å². The van der Waals surface area contributed by atoms with Gasteiger partial charge in [0, 0.05) is 28.9 Å². The molecule has 2 N–H and O–H groups in total. The Hall–Kier alpha value is -2.27. The van der Waals surface area contributed by atoms with Crippen molar-refractivity contribution < 1.29 is 18.0 Å². The Bertz CT molecular complexity index is 1130. The van der Waals surface area contributed by atoms with Gasteiger partial charge in [-0.05, 0) is 62.7 Å². The van der Waals surface area contributed by atoms with Crippen molar-refractivity contribution in [2.75, 3.05) is 43.9 Å². The van der Waals surface area contributed by atoms with Gasteiger partial charge in [-0.3, -0.25) is 14.5 Å². The van der Waals surface area contributed by atoms with Crippen molar-refractivity contribution in [1.29, 1.82) is 0 Å². The number of hydrogen-bond acceptors (Lipinski definition) is 5. The molecule has 3 rings (SSSR count). The molecule has 1 aliphatic heterocycles. The second-order valence-electron chi connectivity index (χ2n) is 8.58. The van der Waals surface area contributed by atoms with Crippen LogP contribution in [-0.2, 0) is 19.6 Å². The number of sulfonamides is 1. The topological polar surface area (TPSA) is 98.8 Å². The summed E-state index contributed by atoms with van der Waals surface area (Å²) in [6.45, 7) is 2.81. The zero-order chi connectivity index (χ0) is 24.7. The van der Waals surface area contributed by atoms with E-state index in [-0.39, 0.29) is 29.8 Å². The van der Waals surface area contributed by atoms with E-state index in [1.807, 2.05) is 12.1 Å². The fourth-order valence-corrected chi connectivity index (χ4v) is 6.06. The second kappa shape index (κ2) is 11.9. The number of aryl methyl sites for hydroxylation is 1. The van der Waals surface area contributed by atoms with E-state index in [2.05, 4.69) is 26.6 Å². The Balaban J connectivity index is 1.59. The number of anilines is 2. The molecular weight excluding hydrogens is 520 g/mol. The van der Waals surface area contributed by atoms with Gasteiger partial charge in [-0.15, -0.1) is 0 Å². The average Bonchev–Trinajstić information content (AvgIpc) is 3.05. The van der Waals surface area contributed by atoms with Crippen molar-refractivity contribution in [2.45, 2.75) is 37.5 Å². The Morgan fingerprint density at radius 3 is 2.12 bits per heavy atom. The fourth-order valence-electron chi connectivity index (χ4n) is 3.89. The quantitative estimate of drug-likeness (QED) is 0.520. The summed E-state index contributed by atoms with van der Waals surface area (Å²) >= 11 is 3.36. The first-order valence-electron chi connectivity index (χ1n) is 11.3. The van der Waals surface area contributed by atoms with Crippen molar-refractivity contribution in [1.82, 2.24) is 9.21 Å². The molecule has 1 fully saturated rings. The molecule has 2 aromatic rings. The maximum atomic E-state index is 13.2. The first-order chi connectivity index (χ1) is 16.1. The summed E-state index contributed by atoms with van der Waals surface area (Å²) in [7, 11) is -1.96. The van der Waals surface area contributed by atoms with Gasteiger partial charge in [0.2, 0.25) is 21.8 Å². The maximum absolute atomic E-state index is 13.2. The number of nitrogens with zero attached hydrogens (tertiary/aromatic N) is 2. The molecule has 0 bridgehead atoms. The van der Waals surface area contributed by atoms with E-state index in [0.29, 0.717) is 30.0 Å². The third-order valence-electron chi connectivity index (χ3n) is 5.59. The molecule has 8 nitrogen and oxygen atoms in total. The standard InChI is InChI=1S/C24H31BrN4O4S/c1-18-10-11-21(15-22(18)34(32,33)29-12-5-3-4-6-13-29)27-24(31)17-28(2)16-23(30)26-20-9-7-8-19(25)14-20/h7-11,14-15H,3-6,12-13,16-17H2,1-2H3,(H,26,30)(H,27,31). The van der Waals surface area contributed by atoms with Crippen LogP contribution in [0.25, 0.3) is 0 Å². The minimum absolute atomic E-state index is 0.0199. The summed E-state index contributed by atoms with van der Waals surface area (Å²) in [6, 6.07) is 12.2. The van der Waals surface area contributed by atoms with Gasteiger partial charge in [0.05, 0.1) is 18.0 Å². The largest absolute Gasteiger partial charge is 0.325 e. The van der Waals surface area contributed by atoms with E-state index in [1.165, 1.54) is 6.07 Å². The number of benzene rings is 2. The van der Waals surface area contributed by atoms with Gasteiger partial charge in [0.15, 0.2) is 0 Å². The van der Waals surface area contributed by atoms with Gasteiger partial charge in [-0.1, -0.05) is 40.9 Å². The summed E-state index contributed by atoms with van der Waals surface area (Å²) in [6.07, 6.45) is 3.79. The first-order valence-corrected chi connectivity index (χ1v) is 13.5. The monoisotopic (exact) mass is 550 g/mol. The molecule has 34 heavy (non-hydrogen) atoms. The summed E-state index contributed by atoms with van der Waals surface area (Å²) < 4.78 is 28.9. The predicted molar refractivity (Wildman–Crippen MR) is 137 cm³/mol. The van der Waals surface area contributed by atoms with Gasteiger partial charge in [0.25, 0.3) is 0 Å². The van der Waals surface area contributed by atoms with Crippen LogP contribution in [0.2, 0.25) is 0 Å². The molecule has 0 aliphatic carbocycles. The van der Waals surface area contributed by atoms with Gasteiger partial charge in [-0.2, -0.15) is 4.31 Å². The molecule has 0 atom stereocenters. The third-order valence-corrected chi connectivity index (χ3v) is 8.12. The highest BCUT2D eigenvalue weighted by molar-refractivity contribution is 9.10. The van der Waals surface area contributed by atoms with Crippen molar-refractivity contribution in [2.24, 2.45) is 0 Å². The summed E-state index contributed by atoms with van der Waals surface area (Å²) in [5, 5.41) is 5.55. The summed E-state index contributed by atoms with van der Waals surface area (Å²) in [5.41, 5.74) is 1.72. The SMILES string of the molecule is Cc1ccc(NC(=O)CN(C)CC(=O)Nc2cccc(Br)c2)cc1S(=O)(=O)N1CCCCCC1. The molecular formula is C24H31BrN4O4S. The number of carbonyl (C=O) groups is 2. The molecule has 1 aliphatic rings. The van der Waals surface area contributed by atoms with Crippen LogP contribution in [0.4, 0.5) is 11.4 Å². The Morgan fingerprint density at radius 2 is 1.53 bits per heavy atom. The fraction of sp³-hybridized carbons (Fsp3) is 0.417. The highest BCUT2D eigenvalue weighted by Crippen LogP contribution is 2.26. The number of likely N-dealkylation sites (N-methyl/N-ethyl adjacent to an activating group) is 1. The molecule has 0 aromatic heterocycles. The minimum Gasteiger partial charge on any atom is -0.325 e. The summed E-state index contributed by atoms with van der Waals surface area (Å²) in [5.74, 6) is -0.575. The van der Waals surface area contributed by atoms with Crippen molar-refractivity contribution in [3.8, 4) is 0 Å². The van der Waals surface area contributed by atoms with Gasteiger partial charge >= 0.3 is 0 Å². The Morgan fingerprint density at radius 1 is 0.941 bits per heavy atom. The number of rotatable bonds is 8. The molecule has 2 aromatic carbocycles. The van der Waals surface area contributed by atoms with Crippen LogP contribution in [0.15, 0.2) is 51.8 Å².